The van der Waals surface area contributed by atoms with Crippen molar-refractivity contribution in [3.05, 3.63) is 34.4 Å². The minimum Gasteiger partial charge on any atom is -0.449 e. The van der Waals surface area contributed by atoms with Gasteiger partial charge in [0.25, 0.3) is 0 Å². The van der Waals surface area contributed by atoms with Crippen LogP contribution in [0.25, 0.3) is 10.9 Å². The molecule has 7 nitrogen and oxygen atoms in total. The SMILES string of the molecule is CC(C)N1CCN(c2cc3c(cc2F)c(=O)c(OC(=O)O)cn3C2CC2)CC1C. The van der Waals surface area contributed by atoms with E-state index < -0.39 is 17.4 Å². The predicted octanol–water partition coefficient (Wildman–Crippen LogP) is 3.45. The Hall–Kier alpha value is -2.61. The second-order valence-corrected chi connectivity index (χ2v) is 8.28. The standard InChI is InChI=1S/C21H26FN3O4/c1-12(2)24-7-6-23(10-13(24)3)18-9-17-15(8-16(18)22)20(26)19(29-21(27)28)11-25(17)14-4-5-14/h8-9,11-14H,4-7,10H2,1-3H3,(H,27,28). The van der Waals surface area contributed by atoms with Gasteiger partial charge in [0.15, 0.2) is 5.75 Å². The van der Waals surface area contributed by atoms with Crippen LogP contribution >= 0.6 is 0 Å². The van der Waals surface area contributed by atoms with Crippen LogP contribution in [-0.2, 0) is 0 Å². The third-order valence-corrected chi connectivity index (χ3v) is 5.89. The molecule has 1 aromatic carbocycles. The fourth-order valence-electron chi connectivity index (χ4n) is 4.36. The monoisotopic (exact) mass is 403 g/mol. The minimum absolute atomic E-state index is 0.144. The number of carbonyl (C=O) groups is 1. The number of hydrogen-bond acceptors (Lipinski definition) is 5. The van der Waals surface area contributed by atoms with Crippen molar-refractivity contribution in [2.45, 2.75) is 51.7 Å². The Morgan fingerprint density at radius 1 is 1.28 bits per heavy atom. The van der Waals surface area contributed by atoms with E-state index in [9.17, 15) is 9.59 Å². The molecule has 2 aliphatic rings. The first kappa shape index (κ1) is 19.7. The summed E-state index contributed by atoms with van der Waals surface area (Å²) < 4.78 is 21.6. The molecule has 0 spiro atoms. The number of aromatic nitrogens is 1. The van der Waals surface area contributed by atoms with Gasteiger partial charge in [0, 0.05) is 37.8 Å². The molecule has 1 aliphatic carbocycles. The van der Waals surface area contributed by atoms with Crippen molar-refractivity contribution in [3.63, 3.8) is 0 Å². The van der Waals surface area contributed by atoms with Gasteiger partial charge >= 0.3 is 6.16 Å². The molecular weight excluding hydrogens is 377 g/mol. The number of hydrogen-bond donors (Lipinski definition) is 1. The van der Waals surface area contributed by atoms with Crippen molar-refractivity contribution in [2.24, 2.45) is 0 Å². The summed E-state index contributed by atoms with van der Waals surface area (Å²) in [5, 5.41) is 9.05. The number of benzene rings is 1. The number of ether oxygens (including phenoxy) is 1. The van der Waals surface area contributed by atoms with Crippen LogP contribution < -0.4 is 15.1 Å². The second kappa shape index (κ2) is 7.33. The summed E-state index contributed by atoms with van der Waals surface area (Å²) in [5.41, 5.74) is 0.488. The summed E-state index contributed by atoms with van der Waals surface area (Å²) in [6, 6.07) is 3.84. The van der Waals surface area contributed by atoms with Crippen LogP contribution in [0, 0.1) is 5.82 Å². The first-order valence-corrected chi connectivity index (χ1v) is 10.1. The fraction of sp³-hybridized carbons (Fsp3) is 0.524. The van der Waals surface area contributed by atoms with E-state index in [0.29, 0.717) is 30.3 Å². The normalized spacial score (nSPS) is 20.4. The van der Waals surface area contributed by atoms with Gasteiger partial charge in [-0.2, -0.15) is 0 Å². The van der Waals surface area contributed by atoms with E-state index in [1.54, 1.807) is 6.07 Å². The summed E-state index contributed by atoms with van der Waals surface area (Å²) in [5.74, 6) is -0.766. The highest BCUT2D eigenvalue weighted by atomic mass is 19.1. The Balaban J connectivity index is 1.78. The highest BCUT2D eigenvalue weighted by Crippen LogP contribution is 2.39. The maximum Gasteiger partial charge on any atom is 0.511 e. The van der Waals surface area contributed by atoms with Gasteiger partial charge in [-0.3, -0.25) is 9.69 Å². The van der Waals surface area contributed by atoms with E-state index in [-0.39, 0.29) is 23.2 Å². The van der Waals surface area contributed by atoms with E-state index in [2.05, 4.69) is 30.4 Å². The molecule has 0 radical (unpaired) electrons. The molecule has 1 unspecified atom stereocenters. The lowest BCUT2D eigenvalue weighted by atomic mass is 10.1. The molecule has 2 fully saturated rings. The topological polar surface area (TPSA) is 75.0 Å². The lowest BCUT2D eigenvalue weighted by Crippen LogP contribution is -2.54. The molecule has 1 saturated carbocycles. The number of nitrogens with zero attached hydrogens (tertiary/aromatic N) is 3. The zero-order valence-corrected chi connectivity index (χ0v) is 16.9. The molecular formula is C21H26FN3O4. The van der Waals surface area contributed by atoms with E-state index in [1.807, 2.05) is 9.47 Å². The van der Waals surface area contributed by atoms with Crippen LogP contribution in [0.15, 0.2) is 23.1 Å². The number of anilines is 1. The van der Waals surface area contributed by atoms with Gasteiger partial charge < -0.3 is 19.3 Å². The maximum atomic E-state index is 15.0. The van der Waals surface area contributed by atoms with Crippen LogP contribution in [0.5, 0.6) is 5.75 Å². The Bertz CT molecular complexity index is 1020. The Morgan fingerprint density at radius 2 is 2.00 bits per heavy atom. The zero-order chi connectivity index (χ0) is 20.9. The molecule has 1 N–H and O–H groups in total. The molecule has 4 rings (SSSR count). The van der Waals surface area contributed by atoms with Gasteiger partial charge in [-0.1, -0.05) is 0 Å². The van der Waals surface area contributed by atoms with Crippen molar-refractivity contribution in [1.29, 1.82) is 0 Å². The van der Waals surface area contributed by atoms with Gasteiger partial charge in [0.1, 0.15) is 5.82 Å². The molecule has 156 valence electrons. The molecule has 0 amide bonds. The molecule has 1 aliphatic heterocycles. The molecule has 29 heavy (non-hydrogen) atoms. The molecule has 2 aromatic rings. The molecule has 8 heteroatoms. The van der Waals surface area contributed by atoms with Crippen molar-refractivity contribution in [2.75, 3.05) is 24.5 Å². The number of pyridine rings is 1. The molecule has 2 heterocycles. The van der Waals surface area contributed by atoms with E-state index in [0.717, 1.165) is 19.4 Å². The highest BCUT2D eigenvalue weighted by molar-refractivity contribution is 5.85. The van der Waals surface area contributed by atoms with E-state index in [1.165, 1.54) is 12.3 Å². The van der Waals surface area contributed by atoms with Crippen LogP contribution in [0.1, 0.15) is 39.7 Å². The summed E-state index contributed by atoms with van der Waals surface area (Å²) in [6.45, 7) is 8.72. The Labute approximate surface area is 168 Å². The van der Waals surface area contributed by atoms with Crippen molar-refractivity contribution in [3.8, 4) is 5.75 Å². The maximum absolute atomic E-state index is 15.0. The van der Waals surface area contributed by atoms with Crippen LogP contribution in [0.3, 0.4) is 0 Å². The van der Waals surface area contributed by atoms with Crippen LogP contribution in [0.4, 0.5) is 14.9 Å². The Kier molecular flexibility index (Phi) is 4.98. The first-order chi connectivity index (χ1) is 13.8. The smallest absolute Gasteiger partial charge is 0.449 e. The quantitative estimate of drug-likeness (QED) is 0.788. The third-order valence-electron chi connectivity index (χ3n) is 5.89. The van der Waals surface area contributed by atoms with Gasteiger partial charge in [-0.25, -0.2) is 9.18 Å². The Morgan fingerprint density at radius 3 is 2.59 bits per heavy atom. The number of rotatable bonds is 4. The van der Waals surface area contributed by atoms with Gasteiger partial charge in [0.2, 0.25) is 5.43 Å². The number of carboxylic acid groups (broad SMARTS) is 1. The lowest BCUT2D eigenvalue weighted by molar-refractivity contribution is 0.143. The summed E-state index contributed by atoms with van der Waals surface area (Å²) in [7, 11) is 0. The summed E-state index contributed by atoms with van der Waals surface area (Å²) >= 11 is 0. The second-order valence-electron chi connectivity index (χ2n) is 8.28. The predicted molar refractivity (Wildman–Crippen MR) is 109 cm³/mol. The number of halogens is 1. The van der Waals surface area contributed by atoms with Crippen LogP contribution in [0.2, 0.25) is 0 Å². The molecule has 1 aromatic heterocycles. The largest absolute Gasteiger partial charge is 0.511 e. The number of fused-ring (bicyclic) bond motifs is 1. The summed E-state index contributed by atoms with van der Waals surface area (Å²) in [6.07, 6.45) is 1.75. The zero-order valence-electron chi connectivity index (χ0n) is 16.9. The number of piperazine rings is 1. The van der Waals surface area contributed by atoms with E-state index in [4.69, 9.17) is 5.11 Å². The van der Waals surface area contributed by atoms with E-state index >= 15 is 4.39 Å². The average Bonchev–Trinajstić information content (AvgIpc) is 3.48. The van der Waals surface area contributed by atoms with Gasteiger partial charge in [-0.15, -0.1) is 0 Å². The summed E-state index contributed by atoms with van der Waals surface area (Å²) in [4.78, 5) is 28.0. The van der Waals surface area contributed by atoms with Crippen molar-refractivity contribution < 1.29 is 19.0 Å². The highest BCUT2D eigenvalue weighted by Gasteiger charge is 2.30. The van der Waals surface area contributed by atoms with Crippen LogP contribution in [-0.4, -0.2) is 52.4 Å². The third kappa shape index (κ3) is 3.69. The van der Waals surface area contributed by atoms with Crippen molar-refractivity contribution in [1.82, 2.24) is 9.47 Å². The average molecular weight is 403 g/mol. The lowest BCUT2D eigenvalue weighted by Gasteiger charge is -2.43. The fourth-order valence-corrected chi connectivity index (χ4v) is 4.36. The minimum atomic E-state index is -1.56. The molecule has 0 bridgehead atoms. The molecule has 1 atom stereocenters. The van der Waals surface area contributed by atoms with Gasteiger partial charge in [-0.05, 0) is 45.7 Å². The first-order valence-electron chi connectivity index (χ1n) is 10.1. The molecule has 1 saturated heterocycles. The van der Waals surface area contributed by atoms with Crippen molar-refractivity contribution >= 4 is 22.7 Å². The van der Waals surface area contributed by atoms with Gasteiger partial charge in [0.05, 0.1) is 22.8 Å².